The Bertz CT molecular complexity index is 789. The second-order valence-corrected chi connectivity index (χ2v) is 5.74. The Kier molecular flexibility index (Phi) is 4.57. The van der Waals surface area contributed by atoms with Crippen molar-refractivity contribution in [2.75, 3.05) is 7.11 Å². The normalized spacial score (nSPS) is 12.1. The van der Waals surface area contributed by atoms with Crippen LogP contribution in [0, 0.1) is 6.92 Å². The van der Waals surface area contributed by atoms with Crippen molar-refractivity contribution >= 4 is 11.6 Å². The number of aromatic amines is 1. The maximum atomic E-state index is 6.09. The molecule has 1 aromatic carbocycles. The number of hydrogen-bond acceptors (Lipinski definition) is 4. The second-order valence-electron chi connectivity index (χ2n) is 5.30. The molecule has 2 heterocycles. The summed E-state index contributed by atoms with van der Waals surface area (Å²) in [5.41, 5.74) is 4.27. The summed E-state index contributed by atoms with van der Waals surface area (Å²) < 4.78 is 5.11. The zero-order valence-corrected chi connectivity index (χ0v) is 13.7. The first-order valence-corrected chi connectivity index (χ1v) is 7.65. The van der Waals surface area contributed by atoms with Gasteiger partial charge in [-0.2, -0.15) is 0 Å². The molecule has 1 atom stereocenters. The minimum atomic E-state index is 0.106. The molecule has 3 rings (SSSR count). The van der Waals surface area contributed by atoms with Gasteiger partial charge in [-0.15, -0.1) is 0 Å². The number of aryl methyl sites for hydroxylation is 1. The first-order valence-electron chi connectivity index (χ1n) is 7.27. The lowest BCUT2D eigenvalue weighted by Crippen LogP contribution is -2.09. The fourth-order valence-electron chi connectivity index (χ4n) is 2.67. The van der Waals surface area contributed by atoms with Crippen molar-refractivity contribution in [3.63, 3.8) is 0 Å². The van der Waals surface area contributed by atoms with Crippen molar-refractivity contribution in [3.05, 3.63) is 70.5 Å². The number of aromatic nitrogens is 4. The third-order valence-electron chi connectivity index (χ3n) is 3.79. The number of halogens is 1. The molecule has 0 aliphatic carbocycles. The molecule has 0 aliphatic heterocycles. The van der Waals surface area contributed by atoms with Gasteiger partial charge in [-0.3, -0.25) is 0 Å². The summed E-state index contributed by atoms with van der Waals surface area (Å²) in [6.45, 7) is 2.06. The van der Waals surface area contributed by atoms with Crippen molar-refractivity contribution in [2.45, 2.75) is 19.3 Å². The van der Waals surface area contributed by atoms with Gasteiger partial charge in [-0.1, -0.05) is 17.7 Å². The van der Waals surface area contributed by atoms with Gasteiger partial charge in [-0.25, -0.2) is 15.0 Å². The third-order valence-corrected chi connectivity index (χ3v) is 4.02. The van der Waals surface area contributed by atoms with E-state index in [1.807, 2.05) is 24.4 Å². The van der Waals surface area contributed by atoms with Gasteiger partial charge in [-0.05, 0) is 36.2 Å². The summed E-state index contributed by atoms with van der Waals surface area (Å²) in [6, 6.07) is 8.21. The molecule has 118 valence electrons. The highest BCUT2D eigenvalue weighted by molar-refractivity contribution is 6.30. The Morgan fingerprint density at radius 1 is 1.30 bits per heavy atom. The molecule has 3 aromatic rings. The van der Waals surface area contributed by atoms with Crippen LogP contribution < -0.4 is 4.74 Å². The van der Waals surface area contributed by atoms with Crippen molar-refractivity contribution in [3.8, 4) is 6.01 Å². The zero-order valence-electron chi connectivity index (χ0n) is 13.0. The predicted molar refractivity (Wildman–Crippen MR) is 88.9 cm³/mol. The van der Waals surface area contributed by atoms with E-state index >= 15 is 0 Å². The molecule has 0 amide bonds. The van der Waals surface area contributed by atoms with Crippen LogP contribution in [0.4, 0.5) is 0 Å². The van der Waals surface area contributed by atoms with E-state index in [4.69, 9.17) is 16.3 Å². The average Bonchev–Trinajstić information content (AvgIpc) is 3.08. The monoisotopic (exact) mass is 328 g/mol. The van der Waals surface area contributed by atoms with Crippen LogP contribution in [0.2, 0.25) is 5.02 Å². The lowest BCUT2D eigenvalue weighted by atomic mass is 9.88. The number of H-pyrrole nitrogens is 1. The van der Waals surface area contributed by atoms with Crippen molar-refractivity contribution in [1.82, 2.24) is 19.9 Å². The molecule has 6 heteroatoms. The first-order chi connectivity index (χ1) is 11.2. The van der Waals surface area contributed by atoms with Crippen LogP contribution in [-0.4, -0.2) is 27.0 Å². The van der Waals surface area contributed by atoms with E-state index in [0.717, 1.165) is 22.0 Å². The summed E-state index contributed by atoms with van der Waals surface area (Å²) in [4.78, 5) is 15.8. The van der Waals surface area contributed by atoms with Crippen LogP contribution in [0.15, 0.2) is 43.0 Å². The van der Waals surface area contributed by atoms with Gasteiger partial charge >= 0.3 is 6.01 Å². The molecule has 0 spiro atoms. The molecular formula is C17H17ClN4O. The fourth-order valence-corrected chi connectivity index (χ4v) is 2.90. The van der Waals surface area contributed by atoms with E-state index in [2.05, 4.69) is 32.9 Å². The van der Waals surface area contributed by atoms with Gasteiger partial charge in [0.25, 0.3) is 0 Å². The van der Waals surface area contributed by atoms with Gasteiger partial charge in [0.2, 0.25) is 0 Å². The number of methoxy groups -OCH3 is 1. The molecule has 23 heavy (non-hydrogen) atoms. The molecule has 0 aliphatic rings. The molecule has 0 saturated carbocycles. The number of rotatable bonds is 5. The predicted octanol–water partition coefficient (Wildman–Crippen LogP) is 3.54. The third kappa shape index (κ3) is 3.51. The molecule has 0 radical (unpaired) electrons. The van der Waals surface area contributed by atoms with E-state index in [9.17, 15) is 0 Å². The highest BCUT2D eigenvalue weighted by Crippen LogP contribution is 2.30. The van der Waals surface area contributed by atoms with Gasteiger partial charge in [0.1, 0.15) is 0 Å². The van der Waals surface area contributed by atoms with Crippen LogP contribution in [0.5, 0.6) is 6.01 Å². The molecule has 5 nitrogen and oxygen atoms in total. The highest BCUT2D eigenvalue weighted by Gasteiger charge is 2.19. The number of nitrogens with one attached hydrogen (secondary N) is 1. The Labute approximate surface area is 139 Å². The molecule has 0 saturated heterocycles. The van der Waals surface area contributed by atoms with Crippen molar-refractivity contribution in [1.29, 1.82) is 0 Å². The minimum Gasteiger partial charge on any atom is -0.467 e. The van der Waals surface area contributed by atoms with Gasteiger partial charge in [0, 0.05) is 41.1 Å². The smallest absolute Gasteiger partial charge is 0.316 e. The molecule has 0 bridgehead atoms. The van der Waals surface area contributed by atoms with Crippen LogP contribution in [0.25, 0.3) is 0 Å². The maximum Gasteiger partial charge on any atom is 0.316 e. The van der Waals surface area contributed by atoms with E-state index in [1.165, 1.54) is 5.56 Å². The lowest BCUT2D eigenvalue weighted by molar-refractivity contribution is 0.377. The first kappa shape index (κ1) is 15.5. The van der Waals surface area contributed by atoms with Gasteiger partial charge in [0.05, 0.1) is 13.4 Å². The fraction of sp³-hybridized carbons (Fsp3) is 0.235. The van der Waals surface area contributed by atoms with Crippen LogP contribution >= 0.6 is 11.6 Å². The number of ether oxygens (including phenoxy) is 1. The standard InChI is InChI=1S/C17H17ClN4O/c1-11-7-12(18)3-4-14(11)15(16-9-19-10-21-16)8-13-5-6-20-17(22-13)23-2/h3-7,9-10,15H,8H2,1-2H3,(H,19,21). The summed E-state index contributed by atoms with van der Waals surface area (Å²) >= 11 is 6.09. The topological polar surface area (TPSA) is 63.7 Å². The maximum absolute atomic E-state index is 6.09. The number of hydrogen-bond donors (Lipinski definition) is 1. The summed E-state index contributed by atoms with van der Waals surface area (Å²) in [6.07, 6.45) is 5.95. The SMILES string of the molecule is COc1nccc(CC(c2cnc[nH]2)c2ccc(Cl)cc2C)n1. The quantitative estimate of drug-likeness (QED) is 0.778. The van der Waals surface area contributed by atoms with Crippen molar-refractivity contribution < 1.29 is 4.74 Å². The number of benzene rings is 1. The minimum absolute atomic E-state index is 0.106. The zero-order chi connectivity index (χ0) is 16.2. The molecule has 1 unspecified atom stereocenters. The second kappa shape index (κ2) is 6.79. The van der Waals surface area contributed by atoms with Crippen LogP contribution in [-0.2, 0) is 6.42 Å². The Morgan fingerprint density at radius 2 is 2.17 bits per heavy atom. The molecular weight excluding hydrogens is 312 g/mol. The Morgan fingerprint density at radius 3 is 2.87 bits per heavy atom. The van der Waals surface area contributed by atoms with Gasteiger partial charge < -0.3 is 9.72 Å². The van der Waals surface area contributed by atoms with E-state index in [-0.39, 0.29) is 5.92 Å². The largest absolute Gasteiger partial charge is 0.467 e. The van der Waals surface area contributed by atoms with E-state index in [0.29, 0.717) is 12.4 Å². The van der Waals surface area contributed by atoms with Gasteiger partial charge in [0.15, 0.2) is 0 Å². The Balaban J connectivity index is 1.99. The van der Waals surface area contributed by atoms with E-state index < -0.39 is 0 Å². The van der Waals surface area contributed by atoms with Crippen LogP contribution in [0.1, 0.15) is 28.4 Å². The number of nitrogens with zero attached hydrogens (tertiary/aromatic N) is 3. The summed E-state index contributed by atoms with van der Waals surface area (Å²) in [5, 5.41) is 0.735. The highest BCUT2D eigenvalue weighted by atomic mass is 35.5. The average molecular weight is 329 g/mol. The van der Waals surface area contributed by atoms with Crippen LogP contribution in [0.3, 0.4) is 0 Å². The van der Waals surface area contributed by atoms with Crippen molar-refractivity contribution in [2.24, 2.45) is 0 Å². The summed E-state index contributed by atoms with van der Waals surface area (Å²) in [7, 11) is 1.56. The molecule has 0 fully saturated rings. The molecule has 2 aromatic heterocycles. The Hall–Kier alpha value is -2.40. The molecule has 1 N–H and O–H groups in total. The lowest BCUT2D eigenvalue weighted by Gasteiger charge is -2.18. The van der Waals surface area contributed by atoms with E-state index in [1.54, 1.807) is 19.6 Å². The number of imidazole rings is 1. The summed E-state index contributed by atoms with van der Waals surface area (Å²) in [5.74, 6) is 0.106.